The molecule has 0 saturated heterocycles. The van der Waals surface area contributed by atoms with Gasteiger partial charge < -0.3 is 0 Å². The molecule has 0 radical (unpaired) electrons. The molecule has 2 aromatic heterocycles. The molecule has 0 atom stereocenters. The highest BCUT2D eigenvalue weighted by atomic mass is 127. The Labute approximate surface area is 75.5 Å². The van der Waals surface area contributed by atoms with Gasteiger partial charge in [-0.2, -0.15) is 0 Å². The molecule has 0 aliphatic carbocycles. The van der Waals surface area contributed by atoms with E-state index in [1.807, 2.05) is 12.1 Å². The van der Waals surface area contributed by atoms with E-state index in [0.29, 0.717) is 0 Å². The van der Waals surface area contributed by atoms with Gasteiger partial charge in [-0.1, -0.05) is 11.3 Å². The first-order valence-corrected chi connectivity index (χ1v) is 4.63. The zero-order chi connectivity index (χ0) is 6.97. The molecule has 0 unspecified atom stereocenters. The summed E-state index contributed by atoms with van der Waals surface area (Å²) in [7, 11) is 0. The Kier molecular flexibility index (Phi) is 1.57. The smallest absolute Gasteiger partial charge is 0.156 e. The Balaban J connectivity index is 2.88. The number of aromatic nitrogens is 2. The van der Waals surface area contributed by atoms with Crippen LogP contribution < -0.4 is 0 Å². The van der Waals surface area contributed by atoms with E-state index in [1.165, 1.54) is 0 Å². The van der Waals surface area contributed by atoms with Crippen LogP contribution in [-0.4, -0.2) is 9.97 Å². The number of halogens is 1. The molecule has 4 heteroatoms. The molecule has 0 fully saturated rings. The molecule has 0 N–H and O–H groups in total. The molecule has 0 saturated carbocycles. The number of thiazole rings is 1. The van der Waals surface area contributed by atoms with Gasteiger partial charge in [-0.15, -0.1) is 0 Å². The third kappa shape index (κ3) is 1.01. The number of rotatable bonds is 0. The summed E-state index contributed by atoms with van der Waals surface area (Å²) in [5.41, 5.74) is 0.997. The third-order valence-corrected chi connectivity index (χ3v) is 2.81. The average Bonchev–Trinajstić information content (AvgIpc) is 2.27. The minimum atomic E-state index is 0.997. The summed E-state index contributed by atoms with van der Waals surface area (Å²) in [6.45, 7) is 0. The van der Waals surface area contributed by atoms with Crippen molar-refractivity contribution >= 4 is 44.3 Å². The van der Waals surface area contributed by atoms with Crippen molar-refractivity contribution in [1.82, 2.24) is 9.97 Å². The second-order valence-electron chi connectivity index (χ2n) is 1.79. The van der Waals surface area contributed by atoms with E-state index in [4.69, 9.17) is 0 Å². The molecule has 0 aromatic carbocycles. The van der Waals surface area contributed by atoms with Crippen molar-refractivity contribution in [3.8, 4) is 0 Å². The van der Waals surface area contributed by atoms with Crippen LogP contribution in [0.1, 0.15) is 0 Å². The zero-order valence-electron chi connectivity index (χ0n) is 4.91. The van der Waals surface area contributed by atoms with Crippen LogP contribution in [0, 0.1) is 3.01 Å². The summed E-state index contributed by atoms with van der Waals surface area (Å²) in [6.07, 6.45) is 1.79. The normalized spacial score (nSPS) is 10.5. The fourth-order valence-electron chi connectivity index (χ4n) is 0.743. The molecular weight excluding hydrogens is 259 g/mol. The number of fused-ring (bicyclic) bond motifs is 1. The van der Waals surface area contributed by atoms with Gasteiger partial charge in [-0.3, -0.25) is 0 Å². The lowest BCUT2D eigenvalue weighted by Gasteiger charge is -1.79. The second kappa shape index (κ2) is 2.43. The van der Waals surface area contributed by atoms with Crippen molar-refractivity contribution in [1.29, 1.82) is 0 Å². The Morgan fingerprint density at radius 3 is 3.20 bits per heavy atom. The molecule has 0 aliphatic rings. The molecule has 2 nitrogen and oxygen atoms in total. The number of nitrogens with zero attached hydrogens (tertiary/aromatic N) is 2. The predicted molar refractivity (Wildman–Crippen MR) is 50.1 cm³/mol. The Bertz CT molecular complexity index is 324. The molecule has 50 valence electrons. The Hall–Kier alpha value is -0.230. The maximum Gasteiger partial charge on any atom is 0.156 e. The summed E-state index contributed by atoms with van der Waals surface area (Å²) in [5.74, 6) is 0. The van der Waals surface area contributed by atoms with Crippen molar-refractivity contribution in [3.63, 3.8) is 0 Å². The van der Waals surface area contributed by atoms with Gasteiger partial charge in [0.15, 0.2) is 3.01 Å². The number of hydrogen-bond acceptors (Lipinski definition) is 3. The molecular formula is C6H3IN2S. The van der Waals surface area contributed by atoms with Gasteiger partial charge in [-0.25, -0.2) is 9.97 Å². The first-order valence-electron chi connectivity index (χ1n) is 2.73. The lowest BCUT2D eigenvalue weighted by Crippen LogP contribution is -1.69. The molecule has 10 heavy (non-hydrogen) atoms. The Morgan fingerprint density at radius 1 is 1.50 bits per heavy atom. The van der Waals surface area contributed by atoms with Crippen LogP contribution in [0.5, 0.6) is 0 Å². The minimum Gasteiger partial charge on any atom is -0.244 e. The van der Waals surface area contributed by atoms with Crippen molar-refractivity contribution < 1.29 is 0 Å². The molecule has 0 spiro atoms. The molecule has 0 aliphatic heterocycles. The molecule has 0 amide bonds. The zero-order valence-corrected chi connectivity index (χ0v) is 7.89. The second-order valence-corrected chi connectivity index (χ2v) is 4.53. The standard InChI is InChI=1S/C6H3IN2S/c7-6-9-4-2-1-3-8-5(4)10-6/h1-3H. The average molecular weight is 262 g/mol. The van der Waals surface area contributed by atoms with Crippen LogP contribution in [0.3, 0.4) is 0 Å². The predicted octanol–water partition coefficient (Wildman–Crippen LogP) is 2.30. The highest BCUT2D eigenvalue weighted by Gasteiger charge is 1.98. The van der Waals surface area contributed by atoms with Crippen molar-refractivity contribution in [3.05, 3.63) is 21.3 Å². The van der Waals surface area contributed by atoms with E-state index < -0.39 is 0 Å². The van der Waals surface area contributed by atoms with Crippen LogP contribution in [0.25, 0.3) is 10.3 Å². The Morgan fingerprint density at radius 2 is 2.40 bits per heavy atom. The van der Waals surface area contributed by atoms with Gasteiger partial charge in [0.2, 0.25) is 0 Å². The first kappa shape index (κ1) is 6.48. The van der Waals surface area contributed by atoms with Crippen molar-refractivity contribution in [2.24, 2.45) is 0 Å². The molecule has 2 heterocycles. The van der Waals surface area contributed by atoms with Crippen molar-refractivity contribution in [2.45, 2.75) is 0 Å². The van der Waals surface area contributed by atoms with E-state index in [9.17, 15) is 0 Å². The quantitative estimate of drug-likeness (QED) is 0.681. The maximum atomic E-state index is 4.26. The summed E-state index contributed by atoms with van der Waals surface area (Å²) >= 11 is 3.82. The highest BCUT2D eigenvalue weighted by molar-refractivity contribution is 14.1. The summed E-state index contributed by atoms with van der Waals surface area (Å²) < 4.78 is 1.05. The SMILES string of the molecule is Ic1nc2cccnc2s1. The van der Waals surface area contributed by atoms with Crippen molar-refractivity contribution in [2.75, 3.05) is 0 Å². The van der Waals surface area contributed by atoms with Crippen LogP contribution in [0.2, 0.25) is 0 Å². The third-order valence-electron chi connectivity index (χ3n) is 1.14. The lowest BCUT2D eigenvalue weighted by molar-refractivity contribution is 1.39. The minimum absolute atomic E-state index is 0.997. The molecule has 0 bridgehead atoms. The first-order chi connectivity index (χ1) is 4.86. The number of pyridine rings is 1. The highest BCUT2D eigenvalue weighted by Crippen LogP contribution is 2.19. The van der Waals surface area contributed by atoms with Gasteiger partial charge in [-0.05, 0) is 34.7 Å². The fourth-order valence-corrected chi connectivity index (χ4v) is 2.26. The van der Waals surface area contributed by atoms with E-state index in [-0.39, 0.29) is 0 Å². The largest absolute Gasteiger partial charge is 0.244 e. The summed E-state index contributed by atoms with van der Waals surface area (Å²) in [6, 6.07) is 3.87. The van der Waals surface area contributed by atoms with Gasteiger partial charge >= 0.3 is 0 Å². The summed E-state index contributed by atoms with van der Waals surface area (Å²) in [4.78, 5) is 9.43. The van der Waals surface area contributed by atoms with Crippen LogP contribution >= 0.6 is 33.9 Å². The monoisotopic (exact) mass is 262 g/mol. The maximum absolute atomic E-state index is 4.26. The van der Waals surface area contributed by atoms with E-state index in [0.717, 1.165) is 13.4 Å². The van der Waals surface area contributed by atoms with Crippen LogP contribution in [-0.2, 0) is 0 Å². The van der Waals surface area contributed by atoms with Gasteiger partial charge in [0.25, 0.3) is 0 Å². The summed E-state index contributed by atoms with van der Waals surface area (Å²) in [5, 5.41) is 0. The molecule has 2 aromatic rings. The molecule has 2 rings (SSSR count). The topological polar surface area (TPSA) is 25.8 Å². The van der Waals surface area contributed by atoms with Gasteiger partial charge in [0.1, 0.15) is 10.3 Å². The van der Waals surface area contributed by atoms with Crippen LogP contribution in [0.4, 0.5) is 0 Å². The number of hydrogen-bond donors (Lipinski definition) is 0. The van der Waals surface area contributed by atoms with Gasteiger partial charge in [0.05, 0.1) is 0 Å². The van der Waals surface area contributed by atoms with E-state index in [2.05, 4.69) is 32.6 Å². The lowest BCUT2D eigenvalue weighted by atomic mass is 10.5. The van der Waals surface area contributed by atoms with E-state index in [1.54, 1.807) is 17.5 Å². The van der Waals surface area contributed by atoms with E-state index >= 15 is 0 Å². The van der Waals surface area contributed by atoms with Gasteiger partial charge in [0, 0.05) is 6.20 Å². The fraction of sp³-hybridized carbons (Fsp3) is 0. The van der Waals surface area contributed by atoms with Crippen LogP contribution in [0.15, 0.2) is 18.3 Å².